The van der Waals surface area contributed by atoms with Crippen LogP contribution in [0.3, 0.4) is 0 Å². The number of rotatable bonds is 3. The second-order valence-electron chi connectivity index (χ2n) is 6.29. The van der Waals surface area contributed by atoms with Gasteiger partial charge >= 0.3 is 0 Å². The second-order valence-corrected chi connectivity index (χ2v) is 6.29. The van der Waals surface area contributed by atoms with E-state index in [-0.39, 0.29) is 5.69 Å². The van der Waals surface area contributed by atoms with Gasteiger partial charge in [0.25, 0.3) is 5.69 Å². The number of imidazole rings is 1. The molecule has 0 aliphatic carbocycles. The van der Waals surface area contributed by atoms with Gasteiger partial charge in [-0.3, -0.25) is 20.1 Å². The number of nitro benzene ring substituents is 1. The molecule has 0 amide bonds. The normalized spacial score (nSPS) is 11.7. The monoisotopic (exact) mass is 367 g/mol. The third-order valence-electron chi connectivity index (χ3n) is 4.64. The van der Waals surface area contributed by atoms with E-state index in [2.05, 4.69) is 15.0 Å². The summed E-state index contributed by atoms with van der Waals surface area (Å²) in [5, 5.41) is 13.0. The molecule has 2 aromatic carbocycles. The first-order valence-electron chi connectivity index (χ1n) is 8.65. The van der Waals surface area contributed by atoms with E-state index < -0.39 is 4.92 Å². The number of hydrogen-bond acceptors (Lipinski definition) is 5. The van der Waals surface area contributed by atoms with Gasteiger partial charge in [0, 0.05) is 29.2 Å². The lowest BCUT2D eigenvalue weighted by atomic mass is 10.1. The average molecular weight is 367 g/mol. The summed E-state index contributed by atoms with van der Waals surface area (Å²) in [6.07, 6.45) is 6.92. The fraction of sp³-hybridized carbons (Fsp3) is 0. The number of nitrogens with zero attached hydrogens (tertiary/aromatic N) is 4. The number of fused-ring (bicyclic) bond motifs is 6. The lowest BCUT2D eigenvalue weighted by molar-refractivity contribution is -0.385. The Morgan fingerprint density at radius 2 is 1.57 bits per heavy atom. The fourth-order valence-electron chi connectivity index (χ4n) is 3.40. The molecule has 3 heterocycles. The topological polar surface area (TPSA) is 97.6 Å². The smallest absolute Gasteiger partial charge is 0.276 e. The van der Waals surface area contributed by atoms with Crippen molar-refractivity contribution in [2.75, 3.05) is 0 Å². The summed E-state index contributed by atoms with van der Waals surface area (Å²) in [5.74, 6) is 0.606. The van der Waals surface area contributed by atoms with Gasteiger partial charge in [-0.15, -0.1) is 0 Å². The molecule has 0 aliphatic rings. The SMILES string of the molecule is O=[N+]([O-])c1ccccc1/C=C/c1nc2c3cccnc3c3ncccc3c2[nH]1. The Balaban J connectivity index is 1.72. The molecule has 0 radical (unpaired) electrons. The number of aromatic nitrogens is 4. The summed E-state index contributed by atoms with van der Waals surface area (Å²) >= 11 is 0. The van der Waals surface area contributed by atoms with Crippen molar-refractivity contribution in [3.63, 3.8) is 0 Å². The first kappa shape index (κ1) is 16.1. The number of hydrogen-bond donors (Lipinski definition) is 1. The van der Waals surface area contributed by atoms with Crippen LogP contribution in [0.5, 0.6) is 0 Å². The van der Waals surface area contributed by atoms with Crippen molar-refractivity contribution >= 4 is 50.7 Å². The summed E-state index contributed by atoms with van der Waals surface area (Å²) in [5.41, 5.74) is 3.84. The van der Waals surface area contributed by atoms with Gasteiger partial charge in [-0.1, -0.05) is 12.1 Å². The molecule has 7 heteroatoms. The molecule has 5 rings (SSSR count). The molecule has 0 saturated carbocycles. The molecule has 134 valence electrons. The van der Waals surface area contributed by atoms with Gasteiger partial charge in [0.15, 0.2) is 0 Å². The molecule has 0 saturated heterocycles. The zero-order valence-corrected chi connectivity index (χ0v) is 14.5. The van der Waals surface area contributed by atoms with Gasteiger partial charge in [0.2, 0.25) is 0 Å². The van der Waals surface area contributed by atoms with Crippen LogP contribution in [0, 0.1) is 10.1 Å². The van der Waals surface area contributed by atoms with E-state index in [0.29, 0.717) is 11.4 Å². The maximum absolute atomic E-state index is 11.2. The second kappa shape index (κ2) is 6.24. The van der Waals surface area contributed by atoms with Crippen LogP contribution >= 0.6 is 0 Å². The minimum atomic E-state index is -0.392. The van der Waals surface area contributed by atoms with E-state index >= 15 is 0 Å². The zero-order chi connectivity index (χ0) is 19.1. The third kappa shape index (κ3) is 2.49. The largest absolute Gasteiger partial charge is 0.338 e. The summed E-state index contributed by atoms with van der Waals surface area (Å²) in [4.78, 5) is 27.8. The molecule has 0 bridgehead atoms. The first-order valence-corrected chi connectivity index (χ1v) is 8.65. The van der Waals surface area contributed by atoms with Gasteiger partial charge < -0.3 is 4.98 Å². The molecule has 3 aromatic heterocycles. The number of nitro groups is 1. The molecule has 0 unspecified atom stereocenters. The number of nitrogens with one attached hydrogen (secondary N) is 1. The average Bonchev–Trinajstić information content (AvgIpc) is 3.17. The van der Waals surface area contributed by atoms with Crippen molar-refractivity contribution in [3.8, 4) is 0 Å². The zero-order valence-electron chi connectivity index (χ0n) is 14.5. The highest BCUT2D eigenvalue weighted by molar-refractivity contribution is 6.20. The molecule has 0 aliphatic heterocycles. The van der Waals surface area contributed by atoms with Crippen LogP contribution in [0.15, 0.2) is 60.9 Å². The predicted octanol–water partition coefficient (Wildman–Crippen LogP) is 4.74. The lowest BCUT2D eigenvalue weighted by Gasteiger charge is -2.03. The Kier molecular flexibility index (Phi) is 3.58. The minimum absolute atomic E-state index is 0.0548. The van der Waals surface area contributed by atoms with Crippen molar-refractivity contribution in [2.24, 2.45) is 0 Å². The Morgan fingerprint density at radius 1 is 0.857 bits per heavy atom. The van der Waals surface area contributed by atoms with Crippen LogP contribution in [0.2, 0.25) is 0 Å². The van der Waals surface area contributed by atoms with Crippen LogP contribution in [0.4, 0.5) is 5.69 Å². The van der Waals surface area contributed by atoms with Crippen molar-refractivity contribution in [3.05, 3.63) is 82.4 Å². The molecular formula is C21H13N5O2. The summed E-state index contributed by atoms with van der Waals surface area (Å²) < 4.78 is 0. The Morgan fingerprint density at radius 3 is 2.36 bits per heavy atom. The highest BCUT2D eigenvalue weighted by Gasteiger charge is 2.14. The van der Waals surface area contributed by atoms with E-state index in [9.17, 15) is 10.1 Å². The lowest BCUT2D eigenvalue weighted by Crippen LogP contribution is -1.90. The molecule has 0 atom stereocenters. The van der Waals surface area contributed by atoms with Crippen LogP contribution in [0.25, 0.3) is 45.0 Å². The quantitative estimate of drug-likeness (QED) is 0.282. The van der Waals surface area contributed by atoms with E-state index in [0.717, 1.165) is 32.8 Å². The molecule has 5 aromatic rings. The Bertz CT molecular complexity index is 1330. The number of benzene rings is 2. The van der Waals surface area contributed by atoms with Crippen LogP contribution in [0.1, 0.15) is 11.4 Å². The molecule has 7 nitrogen and oxygen atoms in total. The van der Waals surface area contributed by atoms with E-state index in [1.54, 1.807) is 42.7 Å². The van der Waals surface area contributed by atoms with E-state index in [1.165, 1.54) is 6.07 Å². The van der Waals surface area contributed by atoms with Gasteiger partial charge in [-0.25, -0.2) is 4.98 Å². The highest BCUT2D eigenvalue weighted by Crippen LogP contribution is 2.31. The van der Waals surface area contributed by atoms with Gasteiger partial charge in [0.1, 0.15) is 5.82 Å². The fourth-order valence-corrected chi connectivity index (χ4v) is 3.40. The number of aromatic amines is 1. The highest BCUT2D eigenvalue weighted by atomic mass is 16.6. The predicted molar refractivity (Wildman–Crippen MR) is 109 cm³/mol. The van der Waals surface area contributed by atoms with Crippen molar-refractivity contribution in [1.82, 2.24) is 19.9 Å². The number of para-hydroxylation sites is 1. The summed E-state index contributed by atoms with van der Waals surface area (Å²) in [7, 11) is 0. The standard InChI is InChI=1S/C21H13N5O2/c27-26(28)16-8-2-1-5-13(16)9-10-17-24-20-14-6-3-11-22-18(14)19-15(21(20)25-17)7-4-12-23-19/h1-12H,(H,24,25)/b10-9+. The minimum Gasteiger partial charge on any atom is -0.338 e. The Hall–Kier alpha value is -4.13. The molecule has 28 heavy (non-hydrogen) atoms. The molecule has 0 fully saturated rings. The maximum Gasteiger partial charge on any atom is 0.276 e. The molecular weight excluding hydrogens is 354 g/mol. The maximum atomic E-state index is 11.2. The molecule has 1 N–H and O–H groups in total. The van der Waals surface area contributed by atoms with Gasteiger partial charge in [-0.05, 0) is 42.5 Å². The van der Waals surface area contributed by atoms with Crippen LogP contribution in [-0.2, 0) is 0 Å². The van der Waals surface area contributed by atoms with Gasteiger partial charge in [-0.2, -0.15) is 0 Å². The number of H-pyrrole nitrogens is 1. The number of pyridine rings is 2. The van der Waals surface area contributed by atoms with E-state index in [1.807, 2.05) is 24.3 Å². The van der Waals surface area contributed by atoms with Crippen molar-refractivity contribution in [1.29, 1.82) is 0 Å². The molecule has 0 spiro atoms. The summed E-state index contributed by atoms with van der Waals surface area (Å²) in [6.45, 7) is 0. The third-order valence-corrected chi connectivity index (χ3v) is 4.64. The summed E-state index contributed by atoms with van der Waals surface area (Å²) in [6, 6.07) is 14.3. The van der Waals surface area contributed by atoms with Gasteiger partial charge in [0.05, 0.1) is 32.6 Å². The van der Waals surface area contributed by atoms with E-state index in [4.69, 9.17) is 4.98 Å². The Labute approximate surface area is 158 Å². The van der Waals surface area contributed by atoms with Crippen LogP contribution in [-0.4, -0.2) is 24.9 Å². The van der Waals surface area contributed by atoms with Crippen LogP contribution < -0.4 is 0 Å². The van der Waals surface area contributed by atoms with Crippen molar-refractivity contribution < 1.29 is 4.92 Å². The first-order chi connectivity index (χ1) is 13.7. The van der Waals surface area contributed by atoms with Crippen molar-refractivity contribution in [2.45, 2.75) is 0 Å².